The number of benzene rings is 1. The average Bonchev–Trinajstić information content (AvgIpc) is 2.51. The minimum absolute atomic E-state index is 0.0298. The Morgan fingerprint density at radius 3 is 2.71 bits per heavy atom. The number of ether oxygens (including phenoxy) is 3. The zero-order valence-electron chi connectivity index (χ0n) is 12.5. The first kappa shape index (κ1) is 15.1. The topological polar surface area (TPSA) is 27.7 Å². The van der Waals surface area contributed by atoms with Crippen LogP contribution >= 0.6 is 11.6 Å². The normalized spacial score (nSPS) is 27.8. The predicted octanol–water partition coefficient (Wildman–Crippen LogP) is 3.36. The quantitative estimate of drug-likeness (QED) is 0.596. The molecule has 1 aromatic rings. The van der Waals surface area contributed by atoms with Gasteiger partial charge in [-0.1, -0.05) is 6.07 Å². The zero-order chi connectivity index (χ0) is 14.7. The summed E-state index contributed by atoms with van der Waals surface area (Å²) in [4.78, 5) is 0. The molecule has 0 amide bonds. The minimum Gasteiger partial charge on any atom is -0.488 e. The third-order valence-corrected chi connectivity index (χ3v) is 4.81. The molecule has 2 aliphatic carbocycles. The van der Waals surface area contributed by atoms with Crippen molar-refractivity contribution in [3.63, 3.8) is 0 Å². The van der Waals surface area contributed by atoms with E-state index >= 15 is 0 Å². The molecule has 0 aliphatic heterocycles. The molecular formula is C17H23ClO3. The van der Waals surface area contributed by atoms with Crippen LogP contribution in [-0.2, 0) is 22.3 Å². The monoisotopic (exact) mass is 310 g/mol. The van der Waals surface area contributed by atoms with E-state index in [0.717, 1.165) is 12.2 Å². The van der Waals surface area contributed by atoms with E-state index in [1.165, 1.54) is 36.8 Å². The fourth-order valence-corrected chi connectivity index (χ4v) is 3.49. The van der Waals surface area contributed by atoms with Crippen LogP contribution in [-0.4, -0.2) is 37.9 Å². The van der Waals surface area contributed by atoms with Gasteiger partial charge in [0, 0.05) is 13.5 Å². The molecular weight excluding hydrogens is 288 g/mol. The van der Waals surface area contributed by atoms with Crippen LogP contribution in [0.3, 0.4) is 0 Å². The summed E-state index contributed by atoms with van der Waals surface area (Å²) in [7, 11) is 1.67. The molecule has 21 heavy (non-hydrogen) atoms. The average molecular weight is 311 g/mol. The van der Waals surface area contributed by atoms with Crippen molar-refractivity contribution in [1.82, 2.24) is 0 Å². The van der Waals surface area contributed by atoms with Crippen molar-refractivity contribution in [1.29, 1.82) is 0 Å². The third kappa shape index (κ3) is 3.53. The highest BCUT2D eigenvalue weighted by molar-refractivity contribution is 6.21. The van der Waals surface area contributed by atoms with Gasteiger partial charge in [-0.15, -0.1) is 11.6 Å². The van der Waals surface area contributed by atoms with Crippen LogP contribution < -0.4 is 4.74 Å². The summed E-state index contributed by atoms with van der Waals surface area (Å²) in [5, 5.41) is 0.0458. The molecule has 0 bridgehead atoms. The van der Waals surface area contributed by atoms with Gasteiger partial charge in [0.1, 0.15) is 18.0 Å². The number of fused-ring (bicyclic) bond motifs is 1. The summed E-state index contributed by atoms with van der Waals surface area (Å²) >= 11 is 6.22. The maximum atomic E-state index is 6.22. The van der Waals surface area contributed by atoms with Gasteiger partial charge in [0.2, 0.25) is 0 Å². The molecule has 1 fully saturated rings. The van der Waals surface area contributed by atoms with Crippen LogP contribution in [0.2, 0.25) is 0 Å². The van der Waals surface area contributed by atoms with Crippen molar-refractivity contribution in [3.05, 3.63) is 29.3 Å². The summed E-state index contributed by atoms with van der Waals surface area (Å²) in [6.45, 7) is 1.15. The van der Waals surface area contributed by atoms with Crippen LogP contribution in [0.4, 0.5) is 0 Å². The largest absolute Gasteiger partial charge is 0.488 e. The Labute approximate surface area is 131 Å². The minimum atomic E-state index is -0.0298. The van der Waals surface area contributed by atoms with Gasteiger partial charge in [0.05, 0.1) is 18.6 Å². The lowest BCUT2D eigenvalue weighted by Gasteiger charge is -2.40. The van der Waals surface area contributed by atoms with Crippen molar-refractivity contribution in [2.75, 3.05) is 20.3 Å². The number of hydrogen-bond donors (Lipinski definition) is 0. The molecule has 4 heteroatoms. The highest BCUT2D eigenvalue weighted by atomic mass is 35.5. The summed E-state index contributed by atoms with van der Waals surface area (Å²) in [6.07, 6.45) is 5.83. The molecule has 0 saturated heterocycles. The maximum Gasteiger partial charge on any atom is 0.128 e. The van der Waals surface area contributed by atoms with Crippen molar-refractivity contribution >= 4 is 11.6 Å². The van der Waals surface area contributed by atoms with E-state index in [9.17, 15) is 0 Å². The molecule has 0 spiro atoms. The lowest BCUT2D eigenvalue weighted by Crippen LogP contribution is -2.53. The summed E-state index contributed by atoms with van der Waals surface area (Å²) in [6, 6.07) is 6.49. The number of aryl methyl sites for hydroxylation is 2. The Hall–Kier alpha value is -0.770. The molecule has 3 atom stereocenters. The SMILES string of the molecule is COCCOC1C(Cl)CC1Oc1ccc2c(c1)CCCC2. The Kier molecular flexibility index (Phi) is 5.04. The predicted molar refractivity (Wildman–Crippen MR) is 83.4 cm³/mol. The van der Waals surface area contributed by atoms with Gasteiger partial charge in [-0.2, -0.15) is 0 Å². The van der Waals surface area contributed by atoms with Gasteiger partial charge < -0.3 is 14.2 Å². The van der Waals surface area contributed by atoms with E-state index in [2.05, 4.69) is 18.2 Å². The van der Waals surface area contributed by atoms with Crippen LogP contribution in [0.1, 0.15) is 30.4 Å². The van der Waals surface area contributed by atoms with Crippen LogP contribution in [0, 0.1) is 0 Å². The highest BCUT2D eigenvalue weighted by Gasteiger charge is 2.42. The van der Waals surface area contributed by atoms with E-state index in [1.807, 2.05) is 0 Å². The molecule has 1 aromatic carbocycles. The van der Waals surface area contributed by atoms with Crippen LogP contribution in [0.25, 0.3) is 0 Å². The molecule has 0 aromatic heterocycles. The van der Waals surface area contributed by atoms with E-state index in [-0.39, 0.29) is 17.6 Å². The molecule has 0 N–H and O–H groups in total. The fourth-order valence-electron chi connectivity index (χ4n) is 3.08. The number of methoxy groups -OCH3 is 1. The number of hydrogen-bond acceptors (Lipinski definition) is 3. The lowest BCUT2D eigenvalue weighted by atomic mass is 9.90. The Balaban J connectivity index is 1.58. The van der Waals surface area contributed by atoms with Gasteiger partial charge in [0.25, 0.3) is 0 Å². The molecule has 0 radical (unpaired) electrons. The highest BCUT2D eigenvalue weighted by Crippen LogP contribution is 2.34. The first-order valence-electron chi connectivity index (χ1n) is 7.81. The Morgan fingerprint density at radius 2 is 1.95 bits per heavy atom. The first-order chi connectivity index (χ1) is 10.3. The van der Waals surface area contributed by atoms with E-state index in [4.69, 9.17) is 25.8 Å². The van der Waals surface area contributed by atoms with E-state index in [0.29, 0.717) is 13.2 Å². The summed E-state index contributed by atoms with van der Waals surface area (Å²) < 4.78 is 16.8. The number of rotatable bonds is 6. The van der Waals surface area contributed by atoms with Crippen molar-refractivity contribution in [2.24, 2.45) is 0 Å². The standard InChI is InChI=1S/C17H23ClO3/c1-19-8-9-20-17-15(18)11-16(17)21-14-7-6-12-4-2-3-5-13(12)10-14/h6-7,10,15-17H,2-5,8-9,11H2,1H3. The van der Waals surface area contributed by atoms with E-state index < -0.39 is 0 Å². The van der Waals surface area contributed by atoms with Crippen LogP contribution in [0.5, 0.6) is 5.75 Å². The van der Waals surface area contributed by atoms with Gasteiger partial charge in [0.15, 0.2) is 0 Å². The van der Waals surface area contributed by atoms with Crippen molar-refractivity contribution in [3.8, 4) is 5.75 Å². The van der Waals surface area contributed by atoms with Crippen molar-refractivity contribution < 1.29 is 14.2 Å². The second-order valence-electron chi connectivity index (χ2n) is 5.87. The molecule has 3 unspecified atom stereocenters. The zero-order valence-corrected chi connectivity index (χ0v) is 13.3. The number of halogens is 1. The van der Waals surface area contributed by atoms with Gasteiger partial charge in [-0.05, 0) is 48.9 Å². The van der Waals surface area contributed by atoms with E-state index in [1.54, 1.807) is 7.11 Å². The molecule has 3 rings (SSSR count). The first-order valence-corrected chi connectivity index (χ1v) is 8.24. The Morgan fingerprint density at radius 1 is 1.14 bits per heavy atom. The van der Waals surface area contributed by atoms with Crippen LogP contribution in [0.15, 0.2) is 18.2 Å². The van der Waals surface area contributed by atoms with Gasteiger partial charge >= 0.3 is 0 Å². The fraction of sp³-hybridized carbons (Fsp3) is 0.647. The summed E-state index contributed by atoms with van der Waals surface area (Å²) in [5.74, 6) is 0.949. The van der Waals surface area contributed by atoms with Gasteiger partial charge in [-0.3, -0.25) is 0 Å². The maximum absolute atomic E-state index is 6.22. The van der Waals surface area contributed by atoms with Crippen molar-refractivity contribution in [2.45, 2.75) is 49.7 Å². The second kappa shape index (κ2) is 6.99. The second-order valence-corrected chi connectivity index (χ2v) is 6.43. The molecule has 3 nitrogen and oxygen atoms in total. The Bertz CT molecular complexity index is 477. The smallest absolute Gasteiger partial charge is 0.128 e. The molecule has 1 saturated carbocycles. The third-order valence-electron chi connectivity index (χ3n) is 4.39. The van der Waals surface area contributed by atoms with Gasteiger partial charge in [-0.25, -0.2) is 0 Å². The molecule has 116 valence electrons. The summed E-state index contributed by atoms with van der Waals surface area (Å²) in [5.41, 5.74) is 2.92. The number of alkyl halides is 1. The lowest BCUT2D eigenvalue weighted by molar-refractivity contribution is -0.0898. The molecule has 2 aliphatic rings. The molecule has 0 heterocycles.